The summed E-state index contributed by atoms with van der Waals surface area (Å²) in [6, 6.07) is 4.84. The SMILES string of the molecule is CCCCN(CCO)C(=O)c1ccc(N)c(Cl)c1. The van der Waals surface area contributed by atoms with Crippen LogP contribution in [0.3, 0.4) is 0 Å². The van der Waals surface area contributed by atoms with Gasteiger partial charge in [-0.1, -0.05) is 24.9 Å². The Kier molecular flexibility index (Phi) is 5.95. The van der Waals surface area contributed by atoms with Crippen LogP contribution in [0.5, 0.6) is 0 Å². The summed E-state index contributed by atoms with van der Waals surface area (Å²) in [7, 11) is 0. The summed E-state index contributed by atoms with van der Waals surface area (Å²) in [4.78, 5) is 13.8. The molecule has 0 atom stereocenters. The van der Waals surface area contributed by atoms with Crippen molar-refractivity contribution in [3.8, 4) is 0 Å². The maximum atomic E-state index is 12.2. The minimum Gasteiger partial charge on any atom is -0.398 e. The summed E-state index contributed by atoms with van der Waals surface area (Å²) in [6.07, 6.45) is 1.91. The van der Waals surface area contributed by atoms with Crippen LogP contribution >= 0.6 is 11.6 Å². The number of aliphatic hydroxyl groups is 1. The molecular formula is C13H19ClN2O2. The first-order valence-corrected chi connectivity index (χ1v) is 6.43. The largest absolute Gasteiger partial charge is 0.398 e. The van der Waals surface area contributed by atoms with Crippen LogP contribution in [0.15, 0.2) is 18.2 Å². The number of unbranched alkanes of at least 4 members (excludes halogenated alkanes) is 1. The highest BCUT2D eigenvalue weighted by Gasteiger charge is 2.15. The highest BCUT2D eigenvalue weighted by atomic mass is 35.5. The average molecular weight is 271 g/mol. The normalized spacial score (nSPS) is 10.4. The zero-order chi connectivity index (χ0) is 13.5. The monoisotopic (exact) mass is 270 g/mol. The van der Waals surface area contributed by atoms with Crippen molar-refractivity contribution >= 4 is 23.2 Å². The maximum absolute atomic E-state index is 12.2. The Morgan fingerprint density at radius 1 is 1.44 bits per heavy atom. The number of nitrogen functional groups attached to an aromatic ring is 1. The molecule has 0 saturated heterocycles. The standard InChI is InChI=1S/C13H19ClN2O2/c1-2-3-6-16(7-8-17)13(18)10-4-5-12(15)11(14)9-10/h4-5,9,17H,2-3,6-8,15H2,1H3. The lowest BCUT2D eigenvalue weighted by molar-refractivity contribution is 0.0719. The second kappa shape index (κ2) is 7.24. The highest BCUT2D eigenvalue weighted by Crippen LogP contribution is 2.20. The van der Waals surface area contributed by atoms with E-state index >= 15 is 0 Å². The summed E-state index contributed by atoms with van der Waals surface area (Å²) in [5.74, 6) is -0.126. The Balaban J connectivity index is 2.83. The van der Waals surface area contributed by atoms with Gasteiger partial charge >= 0.3 is 0 Å². The van der Waals surface area contributed by atoms with Gasteiger partial charge in [-0.05, 0) is 24.6 Å². The lowest BCUT2D eigenvalue weighted by Gasteiger charge is -2.21. The number of aliphatic hydroxyl groups excluding tert-OH is 1. The molecule has 0 spiro atoms. The molecule has 0 fully saturated rings. The Bertz CT molecular complexity index is 410. The number of anilines is 1. The van der Waals surface area contributed by atoms with Gasteiger partial charge in [-0.25, -0.2) is 0 Å². The van der Waals surface area contributed by atoms with Crippen molar-refractivity contribution < 1.29 is 9.90 Å². The third-order valence-corrected chi connectivity index (χ3v) is 3.01. The first-order valence-electron chi connectivity index (χ1n) is 6.05. The second-order valence-electron chi connectivity index (χ2n) is 4.11. The van der Waals surface area contributed by atoms with Crippen molar-refractivity contribution in [3.63, 3.8) is 0 Å². The lowest BCUT2D eigenvalue weighted by atomic mass is 10.1. The fourth-order valence-corrected chi connectivity index (χ4v) is 1.81. The molecule has 0 heterocycles. The molecule has 1 rings (SSSR count). The van der Waals surface area contributed by atoms with Crippen LogP contribution < -0.4 is 5.73 Å². The number of rotatable bonds is 6. The minimum absolute atomic E-state index is 0.0435. The Morgan fingerprint density at radius 2 is 2.17 bits per heavy atom. The second-order valence-corrected chi connectivity index (χ2v) is 4.51. The third kappa shape index (κ3) is 3.89. The Morgan fingerprint density at radius 3 is 2.72 bits per heavy atom. The molecule has 100 valence electrons. The molecular weight excluding hydrogens is 252 g/mol. The summed E-state index contributed by atoms with van der Waals surface area (Å²) in [5.41, 5.74) is 6.56. The molecule has 0 saturated carbocycles. The number of hydrogen-bond acceptors (Lipinski definition) is 3. The molecule has 3 N–H and O–H groups in total. The predicted octanol–water partition coefficient (Wildman–Crippen LogP) is 2.16. The van der Waals surface area contributed by atoms with E-state index in [1.165, 1.54) is 0 Å². The van der Waals surface area contributed by atoms with E-state index < -0.39 is 0 Å². The van der Waals surface area contributed by atoms with Gasteiger partial charge in [-0.15, -0.1) is 0 Å². The molecule has 0 aliphatic rings. The summed E-state index contributed by atoms with van der Waals surface area (Å²) >= 11 is 5.90. The molecule has 1 aromatic rings. The van der Waals surface area contributed by atoms with Crippen molar-refractivity contribution in [2.24, 2.45) is 0 Å². The van der Waals surface area contributed by atoms with Crippen LogP contribution in [-0.2, 0) is 0 Å². The number of hydrogen-bond donors (Lipinski definition) is 2. The van der Waals surface area contributed by atoms with E-state index in [-0.39, 0.29) is 12.5 Å². The maximum Gasteiger partial charge on any atom is 0.253 e. The number of nitrogens with zero attached hydrogens (tertiary/aromatic N) is 1. The summed E-state index contributed by atoms with van der Waals surface area (Å²) in [5, 5.41) is 9.37. The Hall–Kier alpha value is -1.26. The number of carbonyl (C=O) groups excluding carboxylic acids is 1. The molecule has 0 radical (unpaired) electrons. The van der Waals surface area contributed by atoms with Crippen molar-refractivity contribution in [2.45, 2.75) is 19.8 Å². The van der Waals surface area contributed by atoms with Gasteiger partial charge < -0.3 is 15.7 Å². The lowest BCUT2D eigenvalue weighted by Crippen LogP contribution is -2.34. The molecule has 5 heteroatoms. The first kappa shape index (κ1) is 14.8. The van der Waals surface area contributed by atoms with E-state index in [1.54, 1.807) is 23.1 Å². The van der Waals surface area contributed by atoms with E-state index in [0.717, 1.165) is 12.8 Å². The number of halogens is 1. The number of benzene rings is 1. The quantitative estimate of drug-likeness (QED) is 0.779. The highest BCUT2D eigenvalue weighted by molar-refractivity contribution is 6.33. The zero-order valence-electron chi connectivity index (χ0n) is 10.5. The molecule has 1 aromatic carbocycles. The topological polar surface area (TPSA) is 66.6 Å². The summed E-state index contributed by atoms with van der Waals surface area (Å²) in [6.45, 7) is 2.98. The van der Waals surface area contributed by atoms with Gasteiger partial charge in [0.1, 0.15) is 0 Å². The molecule has 0 aliphatic heterocycles. The third-order valence-electron chi connectivity index (χ3n) is 2.69. The average Bonchev–Trinajstić information content (AvgIpc) is 2.37. The molecule has 1 amide bonds. The number of carbonyl (C=O) groups is 1. The van der Waals surface area contributed by atoms with Crippen LogP contribution in [0.2, 0.25) is 5.02 Å². The van der Waals surface area contributed by atoms with Gasteiger partial charge in [-0.2, -0.15) is 0 Å². The van der Waals surface area contributed by atoms with Crippen molar-refractivity contribution in [1.82, 2.24) is 4.90 Å². The van der Waals surface area contributed by atoms with Crippen LogP contribution in [0, 0.1) is 0 Å². The molecule has 18 heavy (non-hydrogen) atoms. The molecule has 4 nitrogen and oxygen atoms in total. The predicted molar refractivity (Wildman–Crippen MR) is 73.8 cm³/mol. The van der Waals surface area contributed by atoms with Crippen LogP contribution in [-0.4, -0.2) is 35.6 Å². The van der Waals surface area contributed by atoms with Gasteiger partial charge in [0.05, 0.1) is 17.3 Å². The van der Waals surface area contributed by atoms with Gasteiger partial charge in [0, 0.05) is 18.7 Å². The fraction of sp³-hybridized carbons (Fsp3) is 0.462. The zero-order valence-corrected chi connectivity index (χ0v) is 11.3. The number of amides is 1. The number of nitrogens with two attached hydrogens (primary N) is 1. The van der Waals surface area contributed by atoms with Gasteiger partial charge in [0.2, 0.25) is 0 Å². The van der Waals surface area contributed by atoms with Crippen molar-refractivity contribution in [3.05, 3.63) is 28.8 Å². The van der Waals surface area contributed by atoms with Crippen LogP contribution in [0.25, 0.3) is 0 Å². The first-order chi connectivity index (χ1) is 8.60. The van der Waals surface area contributed by atoms with Gasteiger partial charge in [0.25, 0.3) is 5.91 Å². The summed E-state index contributed by atoms with van der Waals surface area (Å²) < 4.78 is 0. The van der Waals surface area contributed by atoms with E-state index in [9.17, 15) is 4.79 Å². The molecule has 0 unspecified atom stereocenters. The molecule has 0 aromatic heterocycles. The van der Waals surface area contributed by atoms with E-state index in [1.807, 2.05) is 0 Å². The molecule has 0 aliphatic carbocycles. The minimum atomic E-state index is -0.126. The van der Waals surface area contributed by atoms with E-state index in [0.29, 0.717) is 29.4 Å². The van der Waals surface area contributed by atoms with Gasteiger partial charge in [0.15, 0.2) is 0 Å². The van der Waals surface area contributed by atoms with Crippen LogP contribution in [0.1, 0.15) is 30.1 Å². The van der Waals surface area contributed by atoms with Crippen molar-refractivity contribution in [1.29, 1.82) is 0 Å². The molecule has 0 bridgehead atoms. The van der Waals surface area contributed by atoms with Gasteiger partial charge in [-0.3, -0.25) is 4.79 Å². The fourth-order valence-electron chi connectivity index (χ4n) is 1.63. The van der Waals surface area contributed by atoms with E-state index in [4.69, 9.17) is 22.4 Å². The van der Waals surface area contributed by atoms with Crippen LogP contribution in [0.4, 0.5) is 5.69 Å². The van der Waals surface area contributed by atoms with Crippen molar-refractivity contribution in [2.75, 3.05) is 25.4 Å². The Labute approximate surface area is 112 Å². The smallest absolute Gasteiger partial charge is 0.253 e. The van der Waals surface area contributed by atoms with E-state index in [2.05, 4.69) is 6.92 Å².